The summed E-state index contributed by atoms with van der Waals surface area (Å²) >= 11 is 2.08. The lowest BCUT2D eigenvalue weighted by Crippen LogP contribution is -2.70. The normalized spacial score (nSPS) is 17.5. The maximum atomic E-state index is 13.6. The van der Waals surface area contributed by atoms with Gasteiger partial charge in [-0.2, -0.15) is 57.1 Å². The Morgan fingerprint density at radius 3 is 1.37 bits per heavy atom. The van der Waals surface area contributed by atoms with Crippen molar-refractivity contribution in [2.45, 2.75) is 53.5 Å². The van der Waals surface area contributed by atoms with Crippen LogP contribution in [0.5, 0.6) is 0 Å². The predicted octanol–water partition coefficient (Wildman–Crippen LogP) is 5.44. The first-order valence-electron chi connectivity index (χ1n) is 6.17. The summed E-state index contributed by atoms with van der Waals surface area (Å²) in [5.74, 6) is -39.2. The van der Waals surface area contributed by atoms with E-state index < -0.39 is 52.5 Å². The topological polar surface area (TPSA) is 26.3 Å². The molecule has 1 unspecified atom stereocenters. The second-order valence-corrected chi connectivity index (χ2v) is 7.12. The molecule has 1 atom stereocenters. The lowest BCUT2D eigenvalue weighted by atomic mass is 9.89. The van der Waals surface area contributed by atoms with Gasteiger partial charge < -0.3 is 4.74 Å². The lowest BCUT2D eigenvalue weighted by Gasteiger charge is -2.40. The number of carbonyl (C=O) groups is 1. The summed E-state index contributed by atoms with van der Waals surface area (Å²) < 4.78 is 169. The van der Waals surface area contributed by atoms with Crippen LogP contribution in [0, 0.1) is 0 Å². The van der Waals surface area contributed by atoms with Gasteiger partial charge in [0.15, 0.2) is 0 Å². The number of methoxy groups -OCH3 is 1. The molecule has 0 fully saturated rings. The highest BCUT2D eigenvalue weighted by Crippen LogP contribution is 2.61. The van der Waals surface area contributed by atoms with E-state index in [0.717, 1.165) is 0 Å². The second-order valence-electron chi connectivity index (χ2n) is 5.37. The number of halogens is 14. The summed E-state index contributed by atoms with van der Waals surface area (Å²) in [4.78, 5) is 11.1. The van der Waals surface area contributed by atoms with Crippen LogP contribution < -0.4 is 0 Å². The molecule has 16 heteroatoms. The summed E-state index contributed by atoms with van der Waals surface area (Å²) in [5.41, 5.74) is 0. The Balaban J connectivity index is 6.28. The third-order valence-corrected chi connectivity index (χ3v) is 3.77. The summed E-state index contributed by atoms with van der Waals surface area (Å²) in [7, 11) is 0.533. The predicted molar refractivity (Wildman–Crippen MR) is 64.8 cm³/mol. The van der Waals surface area contributed by atoms with Crippen molar-refractivity contribution >= 4 is 21.9 Å². The minimum absolute atomic E-state index is 0.351. The SMILES string of the molecule is COC(=O)C(C)(Br)CC(F)(F)C(F)(F)C(F)(F)C(F)(F)C(F)(F)C(F)(F)F. The van der Waals surface area contributed by atoms with Gasteiger partial charge in [0, 0.05) is 6.42 Å². The Morgan fingerprint density at radius 2 is 1.07 bits per heavy atom. The van der Waals surface area contributed by atoms with E-state index in [2.05, 4.69) is 20.7 Å². The molecule has 0 radical (unpaired) electrons. The highest BCUT2D eigenvalue weighted by molar-refractivity contribution is 9.10. The smallest absolute Gasteiger partial charge is 0.460 e. The molecule has 0 aliphatic carbocycles. The molecule has 162 valence electrons. The largest absolute Gasteiger partial charge is 0.468 e. The third kappa shape index (κ3) is 3.95. The first-order chi connectivity index (χ1) is 11.4. The van der Waals surface area contributed by atoms with Crippen LogP contribution in [0.4, 0.5) is 57.1 Å². The van der Waals surface area contributed by atoms with Gasteiger partial charge in [0.1, 0.15) is 4.32 Å². The van der Waals surface area contributed by atoms with Crippen LogP contribution in [-0.2, 0) is 9.53 Å². The molecule has 0 aromatic rings. The zero-order chi connectivity index (χ0) is 22.5. The van der Waals surface area contributed by atoms with Crippen molar-refractivity contribution in [3.05, 3.63) is 0 Å². The van der Waals surface area contributed by atoms with Gasteiger partial charge in [-0.15, -0.1) is 0 Å². The average molecular weight is 499 g/mol. The third-order valence-electron chi connectivity index (χ3n) is 3.16. The molecular weight excluding hydrogens is 491 g/mol. The maximum Gasteiger partial charge on any atom is 0.460 e. The molecule has 0 N–H and O–H groups in total. The molecule has 0 aliphatic heterocycles. The Hall–Kier alpha value is -0.960. The first kappa shape index (κ1) is 26.0. The van der Waals surface area contributed by atoms with Crippen LogP contribution in [-0.4, -0.2) is 53.2 Å². The standard InChI is InChI=1S/C11H8BrF13O2/c1-5(12,4(26)27-2)3-6(13,14)7(15,16)8(17,18)9(19,20)10(21,22)11(23,24)25/h3H2,1-2H3. The molecule has 0 saturated carbocycles. The number of alkyl halides is 14. The summed E-state index contributed by atoms with van der Waals surface area (Å²) in [5, 5.41) is 0. The van der Waals surface area contributed by atoms with Crippen LogP contribution in [0.15, 0.2) is 0 Å². The van der Waals surface area contributed by atoms with Gasteiger partial charge in [0.2, 0.25) is 0 Å². The fourth-order valence-electron chi connectivity index (χ4n) is 1.61. The fourth-order valence-corrected chi connectivity index (χ4v) is 2.13. The molecule has 0 saturated heterocycles. The van der Waals surface area contributed by atoms with Gasteiger partial charge in [-0.3, -0.25) is 4.79 Å². The van der Waals surface area contributed by atoms with E-state index in [-0.39, 0.29) is 0 Å². The molecule has 0 bridgehead atoms. The molecule has 0 aromatic carbocycles. The van der Waals surface area contributed by atoms with Crippen molar-refractivity contribution in [3.63, 3.8) is 0 Å². The van der Waals surface area contributed by atoms with Crippen molar-refractivity contribution in [2.24, 2.45) is 0 Å². The number of ether oxygens (including phenoxy) is 1. The van der Waals surface area contributed by atoms with E-state index in [0.29, 0.717) is 14.0 Å². The highest BCUT2D eigenvalue weighted by Gasteiger charge is 2.90. The zero-order valence-corrected chi connectivity index (χ0v) is 14.4. The molecule has 2 nitrogen and oxygen atoms in total. The van der Waals surface area contributed by atoms with Gasteiger partial charge >= 0.3 is 41.8 Å². The van der Waals surface area contributed by atoms with E-state index >= 15 is 0 Å². The van der Waals surface area contributed by atoms with Crippen molar-refractivity contribution in [1.82, 2.24) is 0 Å². The molecule has 27 heavy (non-hydrogen) atoms. The van der Waals surface area contributed by atoms with Gasteiger partial charge in [0.05, 0.1) is 7.11 Å². The van der Waals surface area contributed by atoms with Gasteiger partial charge in [-0.25, -0.2) is 0 Å². The highest BCUT2D eigenvalue weighted by atomic mass is 79.9. The van der Waals surface area contributed by atoms with Crippen molar-refractivity contribution < 1.29 is 66.6 Å². The molecule has 0 rings (SSSR count). The van der Waals surface area contributed by atoms with Crippen LogP contribution in [0.3, 0.4) is 0 Å². The molecule has 0 spiro atoms. The van der Waals surface area contributed by atoms with Crippen LogP contribution >= 0.6 is 15.9 Å². The lowest BCUT2D eigenvalue weighted by molar-refractivity contribution is -0.440. The van der Waals surface area contributed by atoms with E-state index in [1.165, 1.54) is 0 Å². The van der Waals surface area contributed by atoms with Crippen LogP contribution in [0.25, 0.3) is 0 Å². The minimum atomic E-state index is -7.97. The molecule has 0 aliphatic rings. The number of esters is 1. The van der Waals surface area contributed by atoms with Gasteiger partial charge in [0.25, 0.3) is 0 Å². The van der Waals surface area contributed by atoms with E-state index in [1.54, 1.807) is 0 Å². The molecule has 0 aromatic heterocycles. The fraction of sp³-hybridized carbons (Fsp3) is 0.909. The number of hydrogen-bond donors (Lipinski definition) is 0. The average Bonchev–Trinajstić information content (AvgIpc) is 2.42. The summed E-state index contributed by atoms with van der Waals surface area (Å²) in [6.07, 6.45) is -10.2. The molecule has 0 amide bonds. The Labute approximate surface area is 150 Å². The monoisotopic (exact) mass is 498 g/mol. The first-order valence-corrected chi connectivity index (χ1v) is 6.96. The summed E-state index contributed by atoms with van der Waals surface area (Å²) in [6.45, 7) is 0.351. The van der Waals surface area contributed by atoms with Gasteiger partial charge in [-0.1, -0.05) is 15.9 Å². The Kier molecular flexibility index (Phi) is 6.58. The van der Waals surface area contributed by atoms with Crippen molar-refractivity contribution in [1.29, 1.82) is 0 Å². The number of hydrogen-bond acceptors (Lipinski definition) is 2. The second kappa shape index (κ2) is 6.83. The minimum Gasteiger partial charge on any atom is -0.468 e. The zero-order valence-electron chi connectivity index (χ0n) is 12.8. The quantitative estimate of drug-likeness (QED) is 0.265. The Morgan fingerprint density at radius 1 is 0.741 bits per heavy atom. The Bertz CT molecular complexity index is 567. The number of carbonyl (C=O) groups excluding carboxylic acids is 1. The van der Waals surface area contributed by atoms with Crippen molar-refractivity contribution in [2.75, 3.05) is 7.11 Å². The summed E-state index contributed by atoms with van der Waals surface area (Å²) in [6, 6.07) is 0. The molecular formula is C11H8BrF13O2. The van der Waals surface area contributed by atoms with E-state index in [9.17, 15) is 61.9 Å². The molecule has 0 heterocycles. The van der Waals surface area contributed by atoms with Crippen LogP contribution in [0.1, 0.15) is 13.3 Å². The maximum absolute atomic E-state index is 13.6. The van der Waals surface area contributed by atoms with Crippen molar-refractivity contribution in [3.8, 4) is 0 Å². The van der Waals surface area contributed by atoms with Crippen LogP contribution in [0.2, 0.25) is 0 Å². The van der Waals surface area contributed by atoms with E-state index in [4.69, 9.17) is 0 Å². The van der Waals surface area contributed by atoms with Gasteiger partial charge in [-0.05, 0) is 6.92 Å². The van der Waals surface area contributed by atoms with E-state index in [1.807, 2.05) is 0 Å². The number of rotatable bonds is 7.